The van der Waals surface area contributed by atoms with Crippen molar-refractivity contribution < 1.29 is 28.8 Å². The number of nitrogens with one attached hydrogen (secondary N) is 1. The zero-order valence-corrected chi connectivity index (χ0v) is 11.1. The number of aromatic nitrogens is 2. The highest BCUT2D eigenvalue weighted by molar-refractivity contribution is 7.46. The third kappa shape index (κ3) is 3.85. The summed E-state index contributed by atoms with van der Waals surface area (Å²) in [6, 6.07) is 1.39. The first-order valence-electron chi connectivity index (χ1n) is 5.74. The van der Waals surface area contributed by atoms with Gasteiger partial charge in [0.2, 0.25) is 0 Å². The Bertz CT molecular complexity index is 571. The van der Waals surface area contributed by atoms with Crippen molar-refractivity contribution in [1.82, 2.24) is 9.55 Å². The van der Waals surface area contributed by atoms with E-state index in [0.717, 1.165) is 0 Å². The van der Waals surface area contributed by atoms with E-state index in [-0.39, 0.29) is 12.4 Å². The molecule has 112 valence electrons. The van der Waals surface area contributed by atoms with E-state index in [2.05, 4.69) is 9.51 Å². The molecule has 20 heavy (non-hydrogen) atoms. The molecule has 0 bridgehead atoms. The van der Waals surface area contributed by atoms with Gasteiger partial charge in [-0.3, -0.25) is 19.8 Å². The molecule has 11 heteroatoms. The van der Waals surface area contributed by atoms with Crippen LogP contribution in [0.15, 0.2) is 17.1 Å². The molecule has 2 rings (SSSR count). The van der Waals surface area contributed by atoms with E-state index >= 15 is 0 Å². The molecule has 4 N–H and O–H groups in total. The second kappa shape index (κ2) is 6.00. The van der Waals surface area contributed by atoms with Crippen molar-refractivity contribution in [3.05, 3.63) is 22.7 Å². The Balaban J connectivity index is 1.99. The van der Waals surface area contributed by atoms with Crippen molar-refractivity contribution in [3.8, 4) is 0 Å². The lowest BCUT2D eigenvalue weighted by atomic mass is 10.2. The van der Waals surface area contributed by atoms with Crippen LogP contribution in [-0.2, 0) is 13.8 Å². The van der Waals surface area contributed by atoms with Crippen LogP contribution in [0.25, 0.3) is 0 Å². The van der Waals surface area contributed by atoms with Crippen LogP contribution in [0.4, 0.5) is 5.82 Å². The van der Waals surface area contributed by atoms with Gasteiger partial charge in [-0.1, -0.05) is 0 Å². The summed E-state index contributed by atoms with van der Waals surface area (Å²) in [4.78, 5) is 32.4. The van der Waals surface area contributed by atoms with Gasteiger partial charge in [0.1, 0.15) is 6.23 Å². The summed E-state index contributed by atoms with van der Waals surface area (Å²) < 4.78 is 21.6. The molecule has 0 aliphatic carbocycles. The van der Waals surface area contributed by atoms with Crippen molar-refractivity contribution >= 4 is 13.6 Å². The maximum atomic E-state index is 11.7. The first-order chi connectivity index (χ1) is 9.39. The van der Waals surface area contributed by atoms with E-state index < -0.39 is 25.8 Å². The molecule has 2 heterocycles. The fourth-order valence-corrected chi connectivity index (χ4v) is 2.25. The predicted molar refractivity (Wildman–Crippen MR) is 65.0 cm³/mol. The van der Waals surface area contributed by atoms with Gasteiger partial charge in [0, 0.05) is 6.20 Å². The zero-order valence-electron chi connectivity index (χ0n) is 10.2. The van der Waals surface area contributed by atoms with Crippen molar-refractivity contribution in [2.24, 2.45) is 0 Å². The van der Waals surface area contributed by atoms with Crippen molar-refractivity contribution in [2.45, 2.75) is 25.2 Å². The average molecular weight is 307 g/mol. The molecular weight excluding hydrogens is 293 g/mol. The maximum absolute atomic E-state index is 11.7. The standard InChI is InChI=1S/C9H14N3O7P/c13-9-10-7(11-14)3-4-12(9)8-2-1-6(19-8)5-18-20(15,16)17/h3-4,6,8,14H,1-2,5H2,(H,10,11,13)(H2,15,16,17)/t6-,8+/m0/s1. The maximum Gasteiger partial charge on any atom is 0.469 e. The lowest BCUT2D eigenvalue weighted by Gasteiger charge is -2.16. The number of anilines is 1. The quantitative estimate of drug-likeness (QED) is 0.430. The van der Waals surface area contributed by atoms with Crippen LogP contribution in [0.3, 0.4) is 0 Å². The fourth-order valence-electron chi connectivity index (χ4n) is 1.89. The average Bonchev–Trinajstić information content (AvgIpc) is 2.84. The minimum Gasteiger partial charge on any atom is -0.352 e. The monoisotopic (exact) mass is 307 g/mol. The Morgan fingerprint density at radius 2 is 2.30 bits per heavy atom. The molecule has 1 aliphatic heterocycles. The topological polar surface area (TPSA) is 143 Å². The fraction of sp³-hybridized carbons (Fsp3) is 0.556. The second-order valence-corrected chi connectivity index (χ2v) is 5.43. The minimum atomic E-state index is -4.53. The van der Waals surface area contributed by atoms with Crippen LogP contribution in [0.2, 0.25) is 0 Å². The molecule has 1 aromatic rings. The molecule has 0 aromatic carbocycles. The molecule has 1 aromatic heterocycles. The third-order valence-electron chi connectivity index (χ3n) is 2.77. The minimum absolute atomic E-state index is 0.0191. The summed E-state index contributed by atoms with van der Waals surface area (Å²) in [6.45, 7) is -0.251. The van der Waals surface area contributed by atoms with Gasteiger partial charge in [0.05, 0.1) is 12.7 Å². The van der Waals surface area contributed by atoms with Crippen LogP contribution >= 0.6 is 7.82 Å². The van der Waals surface area contributed by atoms with Crippen molar-refractivity contribution in [3.63, 3.8) is 0 Å². The summed E-state index contributed by atoms with van der Waals surface area (Å²) in [5, 5.41) is 8.62. The van der Waals surface area contributed by atoms with E-state index in [1.165, 1.54) is 16.8 Å². The molecular formula is C9H14N3O7P. The van der Waals surface area contributed by atoms with Crippen LogP contribution in [0.5, 0.6) is 0 Å². The van der Waals surface area contributed by atoms with Gasteiger partial charge in [-0.2, -0.15) is 4.98 Å². The molecule has 2 atom stereocenters. The van der Waals surface area contributed by atoms with Gasteiger partial charge in [-0.15, -0.1) is 0 Å². The zero-order chi connectivity index (χ0) is 14.8. The van der Waals surface area contributed by atoms with E-state index in [1.54, 1.807) is 5.48 Å². The smallest absolute Gasteiger partial charge is 0.352 e. The second-order valence-electron chi connectivity index (χ2n) is 4.19. The number of nitrogens with zero attached hydrogens (tertiary/aromatic N) is 2. The highest BCUT2D eigenvalue weighted by Crippen LogP contribution is 2.37. The van der Waals surface area contributed by atoms with Crippen molar-refractivity contribution in [1.29, 1.82) is 0 Å². The highest BCUT2D eigenvalue weighted by Gasteiger charge is 2.29. The molecule has 0 saturated carbocycles. The number of hydrogen-bond acceptors (Lipinski definition) is 7. The first-order valence-corrected chi connectivity index (χ1v) is 7.27. The molecule has 1 saturated heterocycles. The molecule has 0 amide bonds. The molecule has 0 spiro atoms. The Morgan fingerprint density at radius 3 is 2.90 bits per heavy atom. The van der Waals surface area contributed by atoms with Gasteiger partial charge in [0.25, 0.3) is 0 Å². The lowest BCUT2D eigenvalue weighted by molar-refractivity contribution is -0.0243. The van der Waals surface area contributed by atoms with Crippen LogP contribution in [-0.4, -0.2) is 37.3 Å². The largest absolute Gasteiger partial charge is 0.469 e. The SMILES string of the molecule is O=c1nc(NO)ccn1[C@H]1CC[C@@H](COP(=O)(O)O)O1. The first kappa shape index (κ1) is 15.1. The number of phosphoric ester groups is 1. The van der Waals surface area contributed by atoms with Gasteiger partial charge < -0.3 is 14.5 Å². The molecule has 0 unspecified atom stereocenters. The van der Waals surface area contributed by atoms with E-state index in [4.69, 9.17) is 19.7 Å². The summed E-state index contributed by atoms with van der Waals surface area (Å²) in [6.07, 6.45) is 1.31. The summed E-state index contributed by atoms with van der Waals surface area (Å²) >= 11 is 0. The Kier molecular flexibility index (Phi) is 4.53. The van der Waals surface area contributed by atoms with Gasteiger partial charge in [-0.25, -0.2) is 9.36 Å². The van der Waals surface area contributed by atoms with E-state index in [0.29, 0.717) is 12.8 Å². The van der Waals surface area contributed by atoms with Crippen LogP contribution in [0.1, 0.15) is 19.1 Å². The normalized spacial score (nSPS) is 22.9. The number of hydrogen-bond donors (Lipinski definition) is 4. The van der Waals surface area contributed by atoms with Gasteiger partial charge in [-0.05, 0) is 18.9 Å². The Hall–Kier alpha value is -1.29. The molecule has 10 nitrogen and oxygen atoms in total. The number of phosphoric acid groups is 1. The van der Waals surface area contributed by atoms with Gasteiger partial charge in [0.15, 0.2) is 5.82 Å². The van der Waals surface area contributed by atoms with E-state index in [9.17, 15) is 9.36 Å². The van der Waals surface area contributed by atoms with Gasteiger partial charge >= 0.3 is 13.5 Å². The summed E-state index contributed by atoms with van der Waals surface area (Å²) in [5.41, 5.74) is 1.15. The van der Waals surface area contributed by atoms with Crippen LogP contribution in [0, 0.1) is 0 Å². The highest BCUT2D eigenvalue weighted by atomic mass is 31.2. The van der Waals surface area contributed by atoms with E-state index in [1.807, 2.05) is 0 Å². The van der Waals surface area contributed by atoms with Crippen LogP contribution < -0.4 is 11.2 Å². The lowest BCUT2D eigenvalue weighted by Crippen LogP contribution is -2.27. The number of rotatable bonds is 5. The molecule has 0 radical (unpaired) electrons. The Morgan fingerprint density at radius 1 is 1.55 bits per heavy atom. The van der Waals surface area contributed by atoms with Crippen molar-refractivity contribution in [2.75, 3.05) is 12.1 Å². The molecule has 1 fully saturated rings. The summed E-state index contributed by atoms with van der Waals surface area (Å²) in [7, 11) is -4.53. The predicted octanol–water partition coefficient (Wildman–Crippen LogP) is -0.169. The summed E-state index contributed by atoms with van der Waals surface area (Å²) in [5.74, 6) is 0.0191. The molecule has 1 aliphatic rings. The third-order valence-corrected chi connectivity index (χ3v) is 3.25. The number of ether oxygens (including phenoxy) is 1. The Labute approximate surface area is 113 Å².